The molecule has 0 bridgehead atoms. The highest BCUT2D eigenvalue weighted by atomic mass is 16.2. The Hall–Kier alpha value is -2.62. The fraction of sp³-hybridized carbons (Fsp3) is 0.263. The van der Waals surface area contributed by atoms with Gasteiger partial charge in [0.1, 0.15) is 5.56 Å². The maximum Gasteiger partial charge on any atom is 0.261 e. The zero-order chi connectivity index (χ0) is 15.8. The average molecular weight is 306 g/mol. The van der Waals surface area contributed by atoms with Crippen LogP contribution in [-0.4, -0.2) is 10.9 Å². The lowest BCUT2D eigenvalue weighted by molar-refractivity contribution is 0.0965. The molecule has 4 rings (SSSR count). The molecule has 4 nitrogen and oxygen atoms in total. The number of H-pyrrole nitrogens is 1. The van der Waals surface area contributed by atoms with Gasteiger partial charge in [0.25, 0.3) is 5.91 Å². The molecular formula is C19H18N2O2. The van der Waals surface area contributed by atoms with E-state index in [1.807, 2.05) is 12.1 Å². The number of nitrogens with one attached hydrogen (secondary N) is 2. The number of aromatic nitrogens is 1. The van der Waals surface area contributed by atoms with Crippen LogP contribution in [-0.2, 0) is 0 Å². The Labute approximate surface area is 133 Å². The third-order valence-corrected chi connectivity index (χ3v) is 4.80. The van der Waals surface area contributed by atoms with E-state index in [0.29, 0.717) is 11.3 Å². The summed E-state index contributed by atoms with van der Waals surface area (Å²) < 4.78 is 0. The number of allylic oxidation sites excluding steroid dienone is 3. The highest BCUT2D eigenvalue weighted by Gasteiger charge is 2.23. The molecule has 1 saturated carbocycles. The average Bonchev–Trinajstić information content (AvgIpc) is 3.03. The maximum absolute atomic E-state index is 12.5. The molecule has 1 aromatic carbocycles. The minimum absolute atomic E-state index is 0.150. The number of carbonyl (C=O) groups is 1. The van der Waals surface area contributed by atoms with E-state index >= 15 is 0 Å². The van der Waals surface area contributed by atoms with Gasteiger partial charge in [-0.25, -0.2) is 0 Å². The lowest BCUT2D eigenvalue weighted by atomic mass is 9.93. The molecule has 1 unspecified atom stereocenters. The van der Waals surface area contributed by atoms with Crippen molar-refractivity contribution < 1.29 is 4.79 Å². The Bertz CT molecular complexity index is 905. The summed E-state index contributed by atoms with van der Waals surface area (Å²) in [6.45, 7) is 0. The van der Waals surface area contributed by atoms with E-state index < -0.39 is 0 Å². The monoisotopic (exact) mass is 306 g/mol. The topological polar surface area (TPSA) is 62.0 Å². The first-order valence-electron chi connectivity index (χ1n) is 8.05. The first-order chi connectivity index (χ1) is 11.2. The van der Waals surface area contributed by atoms with Crippen LogP contribution in [0.15, 0.2) is 58.7 Å². The second kappa shape index (κ2) is 5.54. The molecule has 2 aromatic rings. The summed E-state index contributed by atoms with van der Waals surface area (Å²) in [5.74, 6) is 0.302. The van der Waals surface area contributed by atoms with Crippen LogP contribution in [0.25, 0.3) is 10.9 Å². The predicted molar refractivity (Wildman–Crippen MR) is 90.2 cm³/mol. The van der Waals surface area contributed by atoms with Crippen LogP contribution in [0.4, 0.5) is 0 Å². The van der Waals surface area contributed by atoms with E-state index in [4.69, 9.17) is 0 Å². The molecule has 0 aliphatic heterocycles. The molecule has 2 aliphatic carbocycles. The molecule has 23 heavy (non-hydrogen) atoms. The lowest BCUT2D eigenvalue weighted by Gasteiger charge is -2.17. The van der Waals surface area contributed by atoms with Crippen molar-refractivity contribution in [3.8, 4) is 0 Å². The van der Waals surface area contributed by atoms with Gasteiger partial charge in [0, 0.05) is 22.8 Å². The Morgan fingerprint density at radius 2 is 2.13 bits per heavy atom. The van der Waals surface area contributed by atoms with Gasteiger partial charge < -0.3 is 10.3 Å². The summed E-state index contributed by atoms with van der Waals surface area (Å²) in [6, 6.07) is 7.21. The van der Waals surface area contributed by atoms with Crippen LogP contribution in [0.5, 0.6) is 0 Å². The summed E-state index contributed by atoms with van der Waals surface area (Å²) in [4.78, 5) is 28.0. The van der Waals surface area contributed by atoms with Crippen LogP contribution in [0, 0.1) is 5.92 Å². The van der Waals surface area contributed by atoms with Crippen LogP contribution in [0.2, 0.25) is 0 Å². The first-order valence-corrected chi connectivity index (χ1v) is 8.05. The molecule has 0 radical (unpaired) electrons. The summed E-state index contributed by atoms with van der Waals surface area (Å²) >= 11 is 0. The minimum atomic E-state index is -0.350. The molecular weight excluding hydrogens is 288 g/mol. The highest BCUT2D eigenvalue weighted by molar-refractivity contribution is 5.98. The van der Waals surface area contributed by atoms with E-state index in [9.17, 15) is 9.59 Å². The second-order valence-corrected chi connectivity index (χ2v) is 6.23. The number of amides is 1. The highest BCUT2D eigenvalue weighted by Crippen LogP contribution is 2.37. The van der Waals surface area contributed by atoms with Crippen LogP contribution in [0.3, 0.4) is 0 Å². The zero-order valence-electron chi connectivity index (χ0n) is 12.8. The molecule has 1 fully saturated rings. The summed E-state index contributed by atoms with van der Waals surface area (Å²) in [5, 5.41) is 3.41. The van der Waals surface area contributed by atoms with E-state index in [-0.39, 0.29) is 16.9 Å². The second-order valence-electron chi connectivity index (χ2n) is 6.23. The van der Waals surface area contributed by atoms with Crippen molar-refractivity contribution in [2.75, 3.05) is 0 Å². The van der Waals surface area contributed by atoms with Gasteiger partial charge in [0.15, 0.2) is 0 Å². The number of benzene rings is 1. The number of aromatic amines is 1. The van der Waals surface area contributed by atoms with Gasteiger partial charge in [-0.15, -0.1) is 0 Å². The van der Waals surface area contributed by atoms with Gasteiger partial charge in [-0.1, -0.05) is 23.8 Å². The summed E-state index contributed by atoms with van der Waals surface area (Å²) in [5.41, 5.74) is 2.89. The summed E-state index contributed by atoms with van der Waals surface area (Å²) in [6.07, 6.45) is 10.2. The van der Waals surface area contributed by atoms with Crippen LogP contribution >= 0.6 is 0 Å². The third-order valence-electron chi connectivity index (χ3n) is 4.80. The van der Waals surface area contributed by atoms with E-state index in [2.05, 4.69) is 22.5 Å². The molecule has 2 aliphatic rings. The molecule has 1 heterocycles. The van der Waals surface area contributed by atoms with Crippen molar-refractivity contribution in [3.05, 3.63) is 69.7 Å². The normalized spacial score (nSPS) is 19.9. The maximum atomic E-state index is 12.5. The fourth-order valence-corrected chi connectivity index (χ4v) is 3.55. The van der Waals surface area contributed by atoms with Crippen molar-refractivity contribution in [2.24, 2.45) is 5.92 Å². The first kappa shape index (κ1) is 14.0. The molecule has 1 aromatic heterocycles. The van der Waals surface area contributed by atoms with Gasteiger partial charge in [-0.3, -0.25) is 9.59 Å². The van der Waals surface area contributed by atoms with Gasteiger partial charge >= 0.3 is 0 Å². The lowest BCUT2D eigenvalue weighted by Crippen LogP contribution is -2.28. The number of rotatable bonds is 2. The Kier molecular flexibility index (Phi) is 3.37. The molecule has 4 heteroatoms. The quantitative estimate of drug-likeness (QED) is 0.894. The molecule has 116 valence electrons. The fourth-order valence-electron chi connectivity index (χ4n) is 3.55. The molecule has 0 saturated heterocycles. The van der Waals surface area contributed by atoms with Gasteiger partial charge in [0.2, 0.25) is 5.43 Å². The number of fused-ring (bicyclic) bond motifs is 2. The van der Waals surface area contributed by atoms with E-state index in [1.165, 1.54) is 24.6 Å². The Morgan fingerprint density at radius 3 is 3.04 bits per heavy atom. The standard InChI is InChI=1S/C19H18N2O2/c22-18-15-6-1-2-7-17(15)20-11-16(18)19(23)21-14-9-8-12-4-3-5-13(12)10-14/h1-2,6-7,9-12H,3-5,8H2,(H,20,22)(H,21,23). The van der Waals surface area contributed by atoms with Crippen molar-refractivity contribution in [2.45, 2.75) is 25.7 Å². The predicted octanol–water partition coefficient (Wildman–Crippen LogP) is 3.27. The van der Waals surface area contributed by atoms with E-state index in [1.54, 1.807) is 12.1 Å². The smallest absolute Gasteiger partial charge is 0.261 e. The Balaban J connectivity index is 1.62. The molecule has 0 spiro atoms. The number of para-hydroxylation sites is 1. The van der Waals surface area contributed by atoms with E-state index in [0.717, 1.165) is 24.1 Å². The molecule has 1 atom stereocenters. The van der Waals surface area contributed by atoms with Crippen LogP contribution < -0.4 is 10.7 Å². The number of hydrogen-bond acceptors (Lipinski definition) is 2. The number of hydrogen-bond donors (Lipinski definition) is 2. The van der Waals surface area contributed by atoms with Crippen molar-refractivity contribution >= 4 is 16.8 Å². The third kappa shape index (κ3) is 2.50. The molecule has 1 amide bonds. The summed E-state index contributed by atoms with van der Waals surface area (Å²) in [7, 11) is 0. The minimum Gasteiger partial charge on any atom is -0.360 e. The van der Waals surface area contributed by atoms with Gasteiger partial charge in [0.05, 0.1) is 0 Å². The van der Waals surface area contributed by atoms with Crippen molar-refractivity contribution in [3.63, 3.8) is 0 Å². The Morgan fingerprint density at radius 1 is 1.26 bits per heavy atom. The zero-order valence-corrected chi connectivity index (χ0v) is 12.8. The van der Waals surface area contributed by atoms with Crippen molar-refractivity contribution in [1.29, 1.82) is 0 Å². The van der Waals surface area contributed by atoms with Gasteiger partial charge in [-0.05, 0) is 49.8 Å². The number of carbonyl (C=O) groups excluding carboxylic acids is 1. The molecule has 2 N–H and O–H groups in total. The van der Waals surface area contributed by atoms with Crippen LogP contribution in [0.1, 0.15) is 36.0 Å². The van der Waals surface area contributed by atoms with Crippen molar-refractivity contribution in [1.82, 2.24) is 10.3 Å². The SMILES string of the molecule is O=C(NC1=CCC2CCCC2=C1)c1c[nH]c2ccccc2c1=O. The largest absolute Gasteiger partial charge is 0.360 e. The van der Waals surface area contributed by atoms with Gasteiger partial charge in [-0.2, -0.15) is 0 Å². The number of pyridine rings is 1.